The van der Waals surface area contributed by atoms with Crippen LogP contribution in [0.25, 0.3) is 0 Å². The Bertz CT molecular complexity index is 169. The van der Waals surface area contributed by atoms with Crippen LogP contribution in [0.1, 0.15) is 58.3 Å². The van der Waals surface area contributed by atoms with Gasteiger partial charge in [0.15, 0.2) is 0 Å². The molecule has 0 unspecified atom stereocenters. The zero-order valence-electron chi connectivity index (χ0n) is 8.64. The van der Waals surface area contributed by atoms with Gasteiger partial charge in [-0.25, -0.2) is 0 Å². The summed E-state index contributed by atoms with van der Waals surface area (Å²) in [5.74, 6) is 3.25. The van der Waals surface area contributed by atoms with Gasteiger partial charge in [0.2, 0.25) is 0 Å². The first-order valence-electron chi connectivity index (χ1n) is 5.57. The van der Waals surface area contributed by atoms with E-state index in [0.29, 0.717) is 0 Å². The van der Waals surface area contributed by atoms with Gasteiger partial charge in [-0.3, -0.25) is 0 Å². The summed E-state index contributed by atoms with van der Waals surface area (Å²) in [6, 6.07) is 0. The van der Waals surface area contributed by atoms with Crippen LogP contribution in [-0.4, -0.2) is 5.25 Å². The van der Waals surface area contributed by atoms with Crippen molar-refractivity contribution in [3.05, 3.63) is 0 Å². The van der Waals surface area contributed by atoms with Gasteiger partial charge < -0.3 is 0 Å². The Kier molecular flexibility index (Phi) is 6.19. The summed E-state index contributed by atoms with van der Waals surface area (Å²) in [6.07, 6.45) is 10.7. The Morgan fingerprint density at radius 1 is 1.23 bits per heavy atom. The second kappa shape index (κ2) is 7.33. The Balaban J connectivity index is 2.04. The minimum Gasteiger partial charge on any atom is -0.0913 e. The van der Waals surface area contributed by atoms with E-state index in [1.54, 1.807) is 0 Å². The fraction of sp³-hybridized carbons (Fsp3) is 0.833. The van der Waals surface area contributed by atoms with Crippen LogP contribution in [0.15, 0.2) is 0 Å². The molecule has 0 saturated heterocycles. The summed E-state index contributed by atoms with van der Waals surface area (Å²) in [7, 11) is 0. The monoisotopic (exact) mass is 196 g/mol. The smallest absolute Gasteiger partial charge is 0.0171 e. The van der Waals surface area contributed by atoms with Crippen LogP contribution in [0, 0.1) is 11.2 Å². The van der Waals surface area contributed by atoms with Gasteiger partial charge in [0.1, 0.15) is 0 Å². The molecule has 1 heteroatoms. The fourth-order valence-corrected chi connectivity index (χ4v) is 2.55. The SMILES string of the molecule is CCCCC#CSC1CCCCC1. The second-order valence-corrected chi connectivity index (χ2v) is 4.87. The maximum absolute atomic E-state index is 3.26. The third-order valence-corrected chi connectivity index (χ3v) is 3.57. The summed E-state index contributed by atoms with van der Waals surface area (Å²) in [4.78, 5) is 0. The van der Waals surface area contributed by atoms with Gasteiger partial charge in [-0.1, -0.05) is 50.3 Å². The predicted octanol–water partition coefficient (Wildman–Crippen LogP) is 4.20. The highest BCUT2D eigenvalue weighted by atomic mass is 32.2. The Morgan fingerprint density at radius 3 is 2.69 bits per heavy atom. The van der Waals surface area contributed by atoms with Gasteiger partial charge in [0.05, 0.1) is 0 Å². The quantitative estimate of drug-likeness (QED) is 0.481. The molecule has 0 aromatic carbocycles. The lowest BCUT2D eigenvalue weighted by atomic mass is 10.0. The number of rotatable bonds is 3. The van der Waals surface area contributed by atoms with Crippen LogP contribution in [0.2, 0.25) is 0 Å². The van der Waals surface area contributed by atoms with E-state index in [4.69, 9.17) is 0 Å². The summed E-state index contributed by atoms with van der Waals surface area (Å²) < 4.78 is 0. The largest absolute Gasteiger partial charge is 0.0913 e. The molecule has 0 aromatic rings. The normalized spacial score (nSPS) is 17.9. The molecule has 13 heavy (non-hydrogen) atoms. The molecule has 0 radical (unpaired) electrons. The molecule has 0 bridgehead atoms. The summed E-state index contributed by atoms with van der Waals surface area (Å²) >= 11 is 1.89. The van der Waals surface area contributed by atoms with E-state index in [-0.39, 0.29) is 0 Å². The van der Waals surface area contributed by atoms with Gasteiger partial charge in [-0.2, -0.15) is 0 Å². The van der Waals surface area contributed by atoms with Crippen molar-refractivity contribution in [2.75, 3.05) is 0 Å². The van der Waals surface area contributed by atoms with Crippen LogP contribution in [0.5, 0.6) is 0 Å². The molecule has 1 aliphatic rings. The van der Waals surface area contributed by atoms with E-state index in [9.17, 15) is 0 Å². The molecular formula is C12H20S. The van der Waals surface area contributed by atoms with Gasteiger partial charge in [-0.05, 0) is 24.5 Å². The van der Waals surface area contributed by atoms with Crippen LogP contribution in [0.3, 0.4) is 0 Å². The molecule has 0 heterocycles. The number of hydrogen-bond acceptors (Lipinski definition) is 1. The number of hydrogen-bond donors (Lipinski definition) is 0. The number of thioether (sulfide) groups is 1. The standard InChI is InChI=1S/C12H20S/c1-2-3-4-8-11-13-12-9-6-5-7-10-12/h12H,2-7,9-10H2,1H3. The first kappa shape index (κ1) is 11.0. The molecule has 0 nitrogen and oxygen atoms in total. The van der Waals surface area contributed by atoms with Crippen LogP contribution in [0.4, 0.5) is 0 Å². The lowest BCUT2D eigenvalue weighted by Crippen LogP contribution is -2.06. The minimum absolute atomic E-state index is 0.850. The van der Waals surface area contributed by atoms with Crippen molar-refractivity contribution in [1.29, 1.82) is 0 Å². The zero-order valence-corrected chi connectivity index (χ0v) is 9.46. The van der Waals surface area contributed by atoms with Gasteiger partial charge >= 0.3 is 0 Å². The molecular weight excluding hydrogens is 176 g/mol. The molecule has 1 saturated carbocycles. The molecule has 0 atom stereocenters. The molecule has 1 aliphatic carbocycles. The Morgan fingerprint density at radius 2 is 2.00 bits per heavy atom. The van der Waals surface area contributed by atoms with Gasteiger partial charge in [-0.15, -0.1) is 0 Å². The molecule has 0 aromatic heterocycles. The van der Waals surface area contributed by atoms with Crippen LogP contribution in [-0.2, 0) is 0 Å². The van der Waals surface area contributed by atoms with Crippen molar-refractivity contribution < 1.29 is 0 Å². The third-order valence-electron chi connectivity index (χ3n) is 2.51. The highest BCUT2D eigenvalue weighted by Gasteiger charge is 2.11. The zero-order chi connectivity index (χ0) is 9.36. The van der Waals surface area contributed by atoms with E-state index in [1.165, 1.54) is 44.9 Å². The summed E-state index contributed by atoms with van der Waals surface area (Å²) in [5, 5.41) is 4.11. The minimum atomic E-state index is 0.850. The van der Waals surface area contributed by atoms with E-state index in [1.807, 2.05) is 11.8 Å². The highest BCUT2D eigenvalue weighted by molar-refractivity contribution is 8.04. The van der Waals surface area contributed by atoms with Crippen molar-refractivity contribution in [3.63, 3.8) is 0 Å². The first-order valence-corrected chi connectivity index (χ1v) is 6.45. The lowest BCUT2D eigenvalue weighted by molar-refractivity contribution is 0.517. The Labute approximate surface area is 86.9 Å². The van der Waals surface area contributed by atoms with E-state index >= 15 is 0 Å². The average Bonchev–Trinajstić information content (AvgIpc) is 2.19. The maximum atomic E-state index is 3.26. The van der Waals surface area contributed by atoms with Crippen LogP contribution < -0.4 is 0 Å². The molecule has 1 rings (SSSR count). The second-order valence-electron chi connectivity index (χ2n) is 3.76. The average molecular weight is 196 g/mol. The molecule has 0 aliphatic heterocycles. The molecule has 74 valence electrons. The fourth-order valence-electron chi connectivity index (χ4n) is 1.62. The van der Waals surface area contributed by atoms with Crippen molar-refractivity contribution in [2.45, 2.75) is 63.5 Å². The molecule has 0 amide bonds. The summed E-state index contributed by atoms with van der Waals surface area (Å²) in [6.45, 7) is 2.22. The lowest BCUT2D eigenvalue weighted by Gasteiger charge is -2.17. The van der Waals surface area contributed by atoms with Gasteiger partial charge in [0, 0.05) is 11.7 Å². The van der Waals surface area contributed by atoms with Crippen molar-refractivity contribution >= 4 is 11.8 Å². The van der Waals surface area contributed by atoms with Gasteiger partial charge in [0.25, 0.3) is 0 Å². The van der Waals surface area contributed by atoms with E-state index in [0.717, 1.165) is 11.7 Å². The third kappa shape index (κ3) is 5.26. The highest BCUT2D eigenvalue weighted by Crippen LogP contribution is 2.27. The van der Waals surface area contributed by atoms with Crippen molar-refractivity contribution in [2.24, 2.45) is 0 Å². The Hall–Kier alpha value is -0.0900. The van der Waals surface area contributed by atoms with E-state index in [2.05, 4.69) is 18.1 Å². The van der Waals surface area contributed by atoms with Crippen molar-refractivity contribution in [3.8, 4) is 11.2 Å². The summed E-state index contributed by atoms with van der Waals surface area (Å²) in [5.41, 5.74) is 0. The van der Waals surface area contributed by atoms with E-state index < -0.39 is 0 Å². The first-order chi connectivity index (χ1) is 6.43. The number of unbranched alkanes of at least 4 members (excludes halogenated alkanes) is 2. The van der Waals surface area contributed by atoms with Crippen molar-refractivity contribution in [1.82, 2.24) is 0 Å². The maximum Gasteiger partial charge on any atom is 0.0171 e. The molecule has 1 fully saturated rings. The molecule has 0 spiro atoms. The van der Waals surface area contributed by atoms with Crippen LogP contribution >= 0.6 is 11.8 Å². The predicted molar refractivity (Wildman–Crippen MR) is 61.8 cm³/mol. The molecule has 0 N–H and O–H groups in total. The topological polar surface area (TPSA) is 0 Å².